The number of hydrogen-bond acceptors (Lipinski definition) is 4. The summed E-state index contributed by atoms with van der Waals surface area (Å²) in [7, 11) is 1.73. The number of methoxy groups -OCH3 is 1. The monoisotopic (exact) mass is 321 g/mol. The molecule has 0 aromatic carbocycles. The van der Waals surface area contributed by atoms with Crippen molar-refractivity contribution >= 4 is 18.3 Å². The number of hydrogen-bond donors (Lipinski definition) is 1. The third-order valence-corrected chi connectivity index (χ3v) is 4.20. The van der Waals surface area contributed by atoms with Gasteiger partial charge in [-0.3, -0.25) is 9.69 Å². The molecular formula is C15H32ClN3O2. The fourth-order valence-corrected chi connectivity index (χ4v) is 2.96. The number of piperazine rings is 1. The highest BCUT2D eigenvalue weighted by atomic mass is 35.5. The number of ether oxygens (including phenoxy) is 1. The lowest BCUT2D eigenvalue weighted by Gasteiger charge is -2.43. The van der Waals surface area contributed by atoms with Crippen LogP contribution in [0.4, 0.5) is 0 Å². The van der Waals surface area contributed by atoms with Crippen LogP contribution in [0.15, 0.2) is 0 Å². The number of nitrogens with two attached hydrogens (primary N) is 1. The van der Waals surface area contributed by atoms with Crippen LogP contribution in [0.25, 0.3) is 0 Å². The lowest BCUT2D eigenvalue weighted by atomic mass is 9.94. The van der Waals surface area contributed by atoms with Crippen LogP contribution < -0.4 is 5.73 Å². The number of amides is 1. The quantitative estimate of drug-likeness (QED) is 0.772. The van der Waals surface area contributed by atoms with Gasteiger partial charge in [0.15, 0.2) is 0 Å². The summed E-state index contributed by atoms with van der Waals surface area (Å²) in [5.74, 6) is 0.101. The molecule has 0 aliphatic carbocycles. The standard InChI is InChI=1S/C15H31N3O2.ClH/c1-5-7-15(3,16)14(19)18-9-8-17(10-11-20-4)13(6-2)12-18;/h13H,5-12,16H2,1-4H3;1H. The maximum atomic E-state index is 12.5. The summed E-state index contributed by atoms with van der Waals surface area (Å²) < 4.78 is 5.16. The maximum absolute atomic E-state index is 12.5. The number of rotatable bonds is 7. The summed E-state index contributed by atoms with van der Waals surface area (Å²) in [5.41, 5.74) is 5.46. The third kappa shape index (κ3) is 5.74. The van der Waals surface area contributed by atoms with E-state index in [1.165, 1.54) is 0 Å². The Kier molecular flexibility index (Phi) is 9.45. The fraction of sp³-hybridized carbons (Fsp3) is 0.933. The van der Waals surface area contributed by atoms with Gasteiger partial charge in [0.1, 0.15) is 0 Å². The van der Waals surface area contributed by atoms with Gasteiger partial charge in [-0.05, 0) is 19.8 Å². The number of halogens is 1. The van der Waals surface area contributed by atoms with E-state index in [1.807, 2.05) is 11.8 Å². The van der Waals surface area contributed by atoms with E-state index >= 15 is 0 Å². The second kappa shape index (κ2) is 9.62. The average molecular weight is 322 g/mol. The zero-order valence-electron chi connectivity index (χ0n) is 13.9. The Balaban J connectivity index is 0.00000400. The number of carbonyl (C=O) groups excluding carboxylic acids is 1. The van der Waals surface area contributed by atoms with Crippen LogP contribution in [-0.4, -0.2) is 67.2 Å². The van der Waals surface area contributed by atoms with Crippen molar-refractivity contribution in [2.75, 3.05) is 39.9 Å². The van der Waals surface area contributed by atoms with E-state index in [2.05, 4.69) is 18.7 Å². The Morgan fingerprint density at radius 1 is 1.38 bits per heavy atom. The SMILES string of the molecule is CCCC(C)(N)C(=O)N1CCN(CCOC)C(CC)C1.Cl. The average Bonchev–Trinajstić information content (AvgIpc) is 2.44. The largest absolute Gasteiger partial charge is 0.383 e. The van der Waals surface area contributed by atoms with Gasteiger partial charge in [-0.1, -0.05) is 20.3 Å². The molecule has 21 heavy (non-hydrogen) atoms. The summed E-state index contributed by atoms with van der Waals surface area (Å²) in [5, 5.41) is 0. The molecule has 0 spiro atoms. The highest BCUT2D eigenvalue weighted by Crippen LogP contribution is 2.18. The van der Waals surface area contributed by atoms with Gasteiger partial charge in [0.2, 0.25) is 5.91 Å². The van der Waals surface area contributed by atoms with Crippen LogP contribution in [0.2, 0.25) is 0 Å². The van der Waals surface area contributed by atoms with Gasteiger partial charge in [0, 0.05) is 39.3 Å². The topological polar surface area (TPSA) is 58.8 Å². The molecule has 1 aliphatic rings. The van der Waals surface area contributed by atoms with Gasteiger partial charge >= 0.3 is 0 Å². The molecule has 0 aromatic heterocycles. The van der Waals surface area contributed by atoms with E-state index < -0.39 is 5.54 Å². The Morgan fingerprint density at radius 3 is 2.57 bits per heavy atom. The molecule has 1 saturated heterocycles. The minimum absolute atomic E-state index is 0. The first-order valence-electron chi connectivity index (χ1n) is 7.77. The van der Waals surface area contributed by atoms with Gasteiger partial charge in [0.05, 0.1) is 12.1 Å². The van der Waals surface area contributed by atoms with E-state index in [9.17, 15) is 4.79 Å². The first-order valence-corrected chi connectivity index (χ1v) is 7.77. The number of nitrogens with zero attached hydrogens (tertiary/aromatic N) is 2. The summed E-state index contributed by atoms with van der Waals surface area (Å²) in [6.45, 7) is 10.3. The van der Waals surface area contributed by atoms with Gasteiger partial charge in [-0.15, -0.1) is 12.4 Å². The van der Waals surface area contributed by atoms with Crippen LogP contribution in [0, 0.1) is 0 Å². The van der Waals surface area contributed by atoms with Crippen LogP contribution in [0.5, 0.6) is 0 Å². The molecule has 6 heteroatoms. The van der Waals surface area contributed by atoms with Crippen molar-refractivity contribution < 1.29 is 9.53 Å². The Morgan fingerprint density at radius 2 is 2.05 bits per heavy atom. The first-order chi connectivity index (χ1) is 9.46. The van der Waals surface area contributed by atoms with E-state index in [0.717, 1.165) is 52.0 Å². The summed E-state index contributed by atoms with van der Waals surface area (Å²) >= 11 is 0. The highest BCUT2D eigenvalue weighted by Gasteiger charge is 2.35. The lowest BCUT2D eigenvalue weighted by Crippen LogP contribution is -2.61. The molecule has 0 bridgehead atoms. The van der Waals surface area contributed by atoms with Crippen molar-refractivity contribution in [3.8, 4) is 0 Å². The van der Waals surface area contributed by atoms with Crippen molar-refractivity contribution in [1.82, 2.24) is 9.80 Å². The first kappa shape index (κ1) is 20.6. The summed E-state index contributed by atoms with van der Waals surface area (Å²) in [6.07, 6.45) is 2.72. The molecule has 0 saturated carbocycles. The van der Waals surface area contributed by atoms with Crippen molar-refractivity contribution in [2.24, 2.45) is 5.73 Å². The molecule has 0 radical (unpaired) electrons. The van der Waals surface area contributed by atoms with Crippen LogP contribution >= 0.6 is 12.4 Å². The minimum atomic E-state index is -0.720. The van der Waals surface area contributed by atoms with Crippen LogP contribution in [0.1, 0.15) is 40.0 Å². The van der Waals surface area contributed by atoms with Gasteiger partial charge in [-0.2, -0.15) is 0 Å². The Hall–Kier alpha value is -0.360. The van der Waals surface area contributed by atoms with Gasteiger partial charge in [0.25, 0.3) is 0 Å². The molecule has 1 heterocycles. The molecule has 1 amide bonds. The van der Waals surface area contributed by atoms with Crippen molar-refractivity contribution in [2.45, 2.75) is 51.6 Å². The van der Waals surface area contributed by atoms with E-state index in [1.54, 1.807) is 7.11 Å². The van der Waals surface area contributed by atoms with Crippen molar-refractivity contribution in [3.63, 3.8) is 0 Å². The molecule has 2 atom stereocenters. The van der Waals surface area contributed by atoms with Crippen LogP contribution in [0.3, 0.4) is 0 Å². The van der Waals surface area contributed by atoms with Crippen molar-refractivity contribution in [3.05, 3.63) is 0 Å². The predicted octanol–water partition coefficient (Wildman–Crippen LogP) is 1.49. The fourth-order valence-electron chi connectivity index (χ4n) is 2.96. The normalized spacial score (nSPS) is 22.5. The zero-order chi connectivity index (χ0) is 15.2. The van der Waals surface area contributed by atoms with Gasteiger partial charge in [-0.25, -0.2) is 0 Å². The molecule has 5 nitrogen and oxygen atoms in total. The van der Waals surface area contributed by atoms with Crippen molar-refractivity contribution in [1.29, 1.82) is 0 Å². The van der Waals surface area contributed by atoms with E-state index in [-0.39, 0.29) is 18.3 Å². The molecule has 1 rings (SSSR count). The lowest BCUT2D eigenvalue weighted by molar-refractivity contribution is -0.140. The Bertz CT molecular complexity index is 313. The number of carbonyl (C=O) groups is 1. The minimum Gasteiger partial charge on any atom is -0.383 e. The maximum Gasteiger partial charge on any atom is 0.242 e. The molecule has 0 aromatic rings. The molecule has 2 N–H and O–H groups in total. The molecule has 2 unspecified atom stereocenters. The Labute approximate surface area is 135 Å². The predicted molar refractivity (Wildman–Crippen MR) is 88.9 cm³/mol. The third-order valence-electron chi connectivity index (χ3n) is 4.20. The van der Waals surface area contributed by atoms with E-state index in [0.29, 0.717) is 6.04 Å². The van der Waals surface area contributed by atoms with Gasteiger partial charge < -0.3 is 15.4 Å². The zero-order valence-corrected chi connectivity index (χ0v) is 14.7. The molecule has 1 aliphatic heterocycles. The summed E-state index contributed by atoms with van der Waals surface area (Å²) in [4.78, 5) is 16.9. The smallest absolute Gasteiger partial charge is 0.242 e. The van der Waals surface area contributed by atoms with Crippen LogP contribution in [-0.2, 0) is 9.53 Å². The molecule has 1 fully saturated rings. The second-order valence-electron chi connectivity index (χ2n) is 6.01. The molecular weight excluding hydrogens is 290 g/mol. The highest BCUT2D eigenvalue weighted by molar-refractivity contribution is 5.86. The molecule has 126 valence electrons. The summed E-state index contributed by atoms with van der Waals surface area (Å²) in [6, 6.07) is 0.417. The second-order valence-corrected chi connectivity index (χ2v) is 6.01. The van der Waals surface area contributed by atoms with E-state index in [4.69, 9.17) is 10.5 Å².